The second kappa shape index (κ2) is 5.63. The van der Waals surface area contributed by atoms with E-state index >= 15 is 0 Å². The Kier molecular flexibility index (Phi) is 4.44. The van der Waals surface area contributed by atoms with Gasteiger partial charge in [-0.15, -0.1) is 0 Å². The first-order chi connectivity index (χ1) is 6.79. The second-order valence-corrected chi connectivity index (χ2v) is 3.49. The summed E-state index contributed by atoms with van der Waals surface area (Å²) in [4.78, 5) is 11.3. The lowest BCUT2D eigenvalue weighted by Gasteiger charge is -2.05. The Morgan fingerprint density at radius 3 is 2.57 bits per heavy atom. The molecular formula is C12H18O2. The number of esters is 1. The minimum Gasteiger partial charge on any atom is -0.465 e. The molecular weight excluding hydrogens is 176 g/mol. The highest BCUT2D eigenvalue weighted by atomic mass is 16.5. The van der Waals surface area contributed by atoms with Crippen LogP contribution in [0.15, 0.2) is 24.3 Å². The molecule has 0 saturated carbocycles. The van der Waals surface area contributed by atoms with Gasteiger partial charge in [0.15, 0.2) is 0 Å². The van der Waals surface area contributed by atoms with Crippen LogP contribution in [-0.4, -0.2) is 12.6 Å². The summed E-state index contributed by atoms with van der Waals surface area (Å²) >= 11 is 0. The van der Waals surface area contributed by atoms with Crippen LogP contribution in [0.5, 0.6) is 0 Å². The summed E-state index contributed by atoms with van der Waals surface area (Å²) in [5.41, 5.74) is 0. The Bertz CT molecular complexity index is 241. The zero-order valence-electron chi connectivity index (χ0n) is 8.90. The highest BCUT2D eigenvalue weighted by Gasteiger charge is 2.32. The van der Waals surface area contributed by atoms with Gasteiger partial charge in [0.05, 0.1) is 12.5 Å². The molecule has 0 unspecified atom stereocenters. The van der Waals surface area contributed by atoms with Gasteiger partial charge in [0, 0.05) is 5.92 Å². The maximum Gasteiger partial charge on any atom is 0.313 e. The quantitative estimate of drug-likeness (QED) is 0.508. The number of ether oxygens (including phenoxy) is 1. The molecule has 0 N–H and O–H groups in total. The molecule has 0 aromatic rings. The third-order valence-corrected chi connectivity index (χ3v) is 2.35. The fourth-order valence-corrected chi connectivity index (χ4v) is 1.54. The molecule has 0 aliphatic carbocycles. The monoisotopic (exact) mass is 194 g/mol. The molecule has 0 amide bonds. The van der Waals surface area contributed by atoms with Gasteiger partial charge < -0.3 is 4.74 Å². The lowest BCUT2D eigenvalue weighted by molar-refractivity contribution is -0.140. The molecule has 1 saturated heterocycles. The minimum atomic E-state index is -0.0829. The molecule has 14 heavy (non-hydrogen) atoms. The fourth-order valence-electron chi connectivity index (χ4n) is 1.54. The van der Waals surface area contributed by atoms with Gasteiger partial charge in [0.25, 0.3) is 0 Å². The number of hydrogen-bond acceptors (Lipinski definition) is 2. The molecule has 2 nitrogen and oxygen atoms in total. The Morgan fingerprint density at radius 2 is 1.93 bits per heavy atom. The van der Waals surface area contributed by atoms with Crippen molar-refractivity contribution in [1.82, 2.24) is 0 Å². The van der Waals surface area contributed by atoms with Crippen molar-refractivity contribution < 1.29 is 9.53 Å². The first-order valence-corrected chi connectivity index (χ1v) is 5.29. The standard InChI is InChI=1S/C12H18O2/c1-3-5-7-10-9-14-12(13)11(10)8-6-4-2/h5-8,10-11H,3-4,9H2,1-2H3/b7-5+,8-6+/t10-,11-/m1/s1. The molecule has 1 aliphatic rings. The zero-order chi connectivity index (χ0) is 10.4. The molecule has 78 valence electrons. The zero-order valence-corrected chi connectivity index (χ0v) is 8.90. The minimum absolute atomic E-state index is 0.0576. The van der Waals surface area contributed by atoms with Crippen molar-refractivity contribution in [3.8, 4) is 0 Å². The smallest absolute Gasteiger partial charge is 0.313 e. The van der Waals surface area contributed by atoms with E-state index in [4.69, 9.17) is 4.74 Å². The lowest BCUT2D eigenvalue weighted by atomic mass is 9.94. The first-order valence-electron chi connectivity index (χ1n) is 5.29. The average molecular weight is 194 g/mol. The molecule has 1 heterocycles. The summed E-state index contributed by atoms with van der Waals surface area (Å²) < 4.78 is 5.03. The molecule has 2 heteroatoms. The molecule has 2 atom stereocenters. The van der Waals surface area contributed by atoms with E-state index in [1.807, 2.05) is 12.2 Å². The first kappa shape index (κ1) is 11.0. The molecule has 0 radical (unpaired) electrons. The number of rotatable bonds is 4. The average Bonchev–Trinajstić information content (AvgIpc) is 2.53. The van der Waals surface area contributed by atoms with Crippen LogP contribution in [0.1, 0.15) is 26.7 Å². The van der Waals surface area contributed by atoms with Gasteiger partial charge in [0.2, 0.25) is 0 Å². The van der Waals surface area contributed by atoms with Crippen LogP contribution in [0.2, 0.25) is 0 Å². The van der Waals surface area contributed by atoms with Crippen molar-refractivity contribution in [3.63, 3.8) is 0 Å². The molecule has 0 aromatic heterocycles. The van der Waals surface area contributed by atoms with E-state index in [1.165, 1.54) is 0 Å². The predicted octanol–water partition coefficient (Wildman–Crippen LogP) is 2.71. The van der Waals surface area contributed by atoms with Gasteiger partial charge in [-0.2, -0.15) is 0 Å². The fraction of sp³-hybridized carbons (Fsp3) is 0.583. The normalized spacial score (nSPS) is 27.7. The van der Waals surface area contributed by atoms with E-state index in [0.717, 1.165) is 12.8 Å². The van der Waals surface area contributed by atoms with E-state index in [9.17, 15) is 4.79 Å². The van der Waals surface area contributed by atoms with Gasteiger partial charge >= 0.3 is 5.97 Å². The molecule has 1 rings (SSSR count). The topological polar surface area (TPSA) is 26.3 Å². The van der Waals surface area contributed by atoms with Crippen LogP contribution in [0, 0.1) is 11.8 Å². The summed E-state index contributed by atoms with van der Waals surface area (Å²) in [7, 11) is 0. The van der Waals surface area contributed by atoms with Crippen molar-refractivity contribution in [2.45, 2.75) is 26.7 Å². The number of hydrogen-bond donors (Lipinski definition) is 0. The summed E-state index contributed by atoms with van der Waals surface area (Å²) in [6.45, 7) is 4.69. The second-order valence-electron chi connectivity index (χ2n) is 3.49. The maximum atomic E-state index is 11.3. The Balaban J connectivity index is 2.61. The van der Waals surface area contributed by atoms with Crippen molar-refractivity contribution in [2.75, 3.05) is 6.61 Å². The van der Waals surface area contributed by atoms with Crippen molar-refractivity contribution in [3.05, 3.63) is 24.3 Å². The summed E-state index contributed by atoms with van der Waals surface area (Å²) in [5, 5.41) is 0. The van der Waals surface area contributed by atoms with E-state index < -0.39 is 0 Å². The van der Waals surface area contributed by atoms with E-state index in [2.05, 4.69) is 26.0 Å². The predicted molar refractivity (Wildman–Crippen MR) is 56.8 cm³/mol. The summed E-state index contributed by atoms with van der Waals surface area (Å²) in [5.74, 6) is 0.100. The SMILES string of the molecule is CC/C=C/[C@@H]1COC(=O)[C@@H]1/C=C/CC. The van der Waals surface area contributed by atoms with Gasteiger partial charge in [-0.25, -0.2) is 0 Å². The number of cyclic esters (lactones) is 1. The Hall–Kier alpha value is -1.05. The summed E-state index contributed by atoms with van der Waals surface area (Å²) in [6.07, 6.45) is 10.2. The molecule has 1 fully saturated rings. The van der Waals surface area contributed by atoms with E-state index in [1.54, 1.807) is 0 Å². The Morgan fingerprint density at radius 1 is 1.29 bits per heavy atom. The van der Waals surface area contributed by atoms with Gasteiger partial charge in [-0.05, 0) is 12.8 Å². The van der Waals surface area contributed by atoms with E-state index in [0.29, 0.717) is 6.61 Å². The molecule has 0 spiro atoms. The van der Waals surface area contributed by atoms with Crippen LogP contribution in [0.4, 0.5) is 0 Å². The lowest BCUT2D eigenvalue weighted by Crippen LogP contribution is -2.11. The molecule has 1 aliphatic heterocycles. The molecule has 0 aromatic carbocycles. The van der Waals surface area contributed by atoms with Crippen LogP contribution in [0.25, 0.3) is 0 Å². The van der Waals surface area contributed by atoms with Crippen LogP contribution in [0.3, 0.4) is 0 Å². The van der Waals surface area contributed by atoms with Crippen LogP contribution in [-0.2, 0) is 9.53 Å². The van der Waals surface area contributed by atoms with Crippen molar-refractivity contribution >= 4 is 5.97 Å². The van der Waals surface area contributed by atoms with Crippen LogP contribution >= 0.6 is 0 Å². The highest BCUT2D eigenvalue weighted by Crippen LogP contribution is 2.24. The van der Waals surface area contributed by atoms with Crippen molar-refractivity contribution in [2.24, 2.45) is 11.8 Å². The Labute approximate surface area is 85.6 Å². The van der Waals surface area contributed by atoms with Crippen molar-refractivity contribution in [1.29, 1.82) is 0 Å². The number of carbonyl (C=O) groups is 1. The third-order valence-electron chi connectivity index (χ3n) is 2.35. The number of carbonyl (C=O) groups excluding carboxylic acids is 1. The van der Waals surface area contributed by atoms with E-state index in [-0.39, 0.29) is 17.8 Å². The van der Waals surface area contributed by atoms with Crippen LogP contribution < -0.4 is 0 Å². The van der Waals surface area contributed by atoms with Gasteiger partial charge in [0.1, 0.15) is 0 Å². The van der Waals surface area contributed by atoms with Gasteiger partial charge in [-0.3, -0.25) is 4.79 Å². The summed E-state index contributed by atoms with van der Waals surface area (Å²) in [6, 6.07) is 0. The van der Waals surface area contributed by atoms with Gasteiger partial charge in [-0.1, -0.05) is 38.2 Å². The largest absolute Gasteiger partial charge is 0.465 e. The third kappa shape index (κ3) is 2.72. The number of allylic oxidation sites excluding steroid dienone is 2. The molecule has 0 bridgehead atoms. The highest BCUT2D eigenvalue weighted by molar-refractivity contribution is 5.77. The maximum absolute atomic E-state index is 11.3.